The summed E-state index contributed by atoms with van der Waals surface area (Å²) in [6, 6.07) is 6.93. The summed E-state index contributed by atoms with van der Waals surface area (Å²) < 4.78 is 5.18. The summed E-state index contributed by atoms with van der Waals surface area (Å²) in [6.45, 7) is 1.95. The molecule has 7 heteroatoms. The van der Waals surface area contributed by atoms with E-state index < -0.39 is 18.0 Å². The number of allylic oxidation sites excluding steroid dienone is 1. The van der Waals surface area contributed by atoms with Crippen molar-refractivity contribution in [3.63, 3.8) is 0 Å². The Kier molecular flexibility index (Phi) is 4.03. The standard InChI is InChI=1S/C16H17N3O4/c1-10-9-19(22)15(20)14(10)18-16(21)23-13-7-6-11-4-2-3-5-12(11)8-17-13/h2-8,10,14,17,22H,9H2,1H3,(H,18,21). The number of alkyl carbamates (subject to hydrolysis) is 1. The monoisotopic (exact) mass is 315 g/mol. The molecule has 0 spiro atoms. The third-order valence-corrected chi connectivity index (χ3v) is 3.81. The Morgan fingerprint density at radius 3 is 2.78 bits per heavy atom. The van der Waals surface area contributed by atoms with E-state index in [0.717, 1.165) is 10.4 Å². The van der Waals surface area contributed by atoms with Gasteiger partial charge in [0.2, 0.25) is 5.88 Å². The summed E-state index contributed by atoms with van der Waals surface area (Å²) in [5.41, 5.74) is 0. The number of ether oxygens (including phenoxy) is 1. The molecule has 2 unspecified atom stereocenters. The molecule has 0 aliphatic carbocycles. The average Bonchev–Trinajstić information content (AvgIpc) is 2.70. The van der Waals surface area contributed by atoms with E-state index in [1.54, 1.807) is 19.2 Å². The van der Waals surface area contributed by atoms with Crippen molar-refractivity contribution < 1.29 is 19.5 Å². The topological polar surface area (TPSA) is 90.9 Å². The SMILES string of the molecule is CC1CN(O)C(=O)C1NC(=O)OC1=CC=c2ccccc2=CN1. The number of nitrogens with one attached hydrogen (secondary N) is 2. The Morgan fingerprint density at radius 2 is 2.09 bits per heavy atom. The molecule has 23 heavy (non-hydrogen) atoms. The van der Waals surface area contributed by atoms with Gasteiger partial charge in [0.25, 0.3) is 5.91 Å². The number of carbonyl (C=O) groups excluding carboxylic acids is 2. The molecule has 7 nitrogen and oxygen atoms in total. The maximum absolute atomic E-state index is 12.0. The first-order valence-electron chi connectivity index (χ1n) is 7.27. The second kappa shape index (κ2) is 6.13. The Morgan fingerprint density at radius 1 is 1.35 bits per heavy atom. The third-order valence-electron chi connectivity index (χ3n) is 3.81. The van der Waals surface area contributed by atoms with Gasteiger partial charge in [-0.3, -0.25) is 10.0 Å². The van der Waals surface area contributed by atoms with E-state index in [0.29, 0.717) is 5.06 Å². The predicted octanol–water partition coefficient (Wildman–Crippen LogP) is -0.388. The van der Waals surface area contributed by atoms with Gasteiger partial charge in [-0.1, -0.05) is 31.2 Å². The highest BCUT2D eigenvalue weighted by Gasteiger charge is 2.38. The van der Waals surface area contributed by atoms with Gasteiger partial charge in [-0.25, -0.2) is 9.86 Å². The lowest BCUT2D eigenvalue weighted by molar-refractivity contribution is -0.158. The van der Waals surface area contributed by atoms with E-state index in [1.807, 2.05) is 30.3 Å². The van der Waals surface area contributed by atoms with Crippen molar-refractivity contribution in [3.8, 4) is 0 Å². The van der Waals surface area contributed by atoms with Gasteiger partial charge in [0.05, 0.1) is 6.54 Å². The number of benzene rings is 1. The minimum absolute atomic E-state index is 0.182. The van der Waals surface area contributed by atoms with Crippen molar-refractivity contribution in [2.75, 3.05) is 6.54 Å². The van der Waals surface area contributed by atoms with Crippen LogP contribution in [0.3, 0.4) is 0 Å². The van der Waals surface area contributed by atoms with Crippen molar-refractivity contribution in [1.29, 1.82) is 0 Å². The van der Waals surface area contributed by atoms with Crippen LogP contribution in [0.4, 0.5) is 4.79 Å². The van der Waals surface area contributed by atoms with Gasteiger partial charge in [0.15, 0.2) is 0 Å². The van der Waals surface area contributed by atoms with E-state index in [4.69, 9.17) is 4.74 Å². The largest absolute Gasteiger partial charge is 0.414 e. The molecule has 0 bridgehead atoms. The lowest BCUT2D eigenvalue weighted by Gasteiger charge is -2.15. The summed E-state index contributed by atoms with van der Waals surface area (Å²) in [5, 5.41) is 17.3. The maximum atomic E-state index is 12.0. The fourth-order valence-corrected chi connectivity index (χ4v) is 2.55. The van der Waals surface area contributed by atoms with Crippen LogP contribution in [0.5, 0.6) is 0 Å². The highest BCUT2D eigenvalue weighted by Crippen LogP contribution is 2.16. The molecular formula is C16H17N3O4. The smallest absolute Gasteiger partial charge is 0.393 e. The van der Waals surface area contributed by atoms with Crippen LogP contribution in [-0.2, 0) is 9.53 Å². The van der Waals surface area contributed by atoms with Crippen molar-refractivity contribution >= 4 is 24.3 Å². The number of carbonyl (C=O) groups is 2. The molecule has 1 fully saturated rings. The molecule has 2 aliphatic heterocycles. The molecule has 0 aromatic heterocycles. The van der Waals surface area contributed by atoms with E-state index in [-0.39, 0.29) is 18.3 Å². The molecule has 2 amide bonds. The minimum atomic E-state index is -0.788. The van der Waals surface area contributed by atoms with E-state index in [2.05, 4.69) is 10.6 Å². The number of hydrogen-bond acceptors (Lipinski definition) is 5. The van der Waals surface area contributed by atoms with Gasteiger partial charge in [0.1, 0.15) is 6.04 Å². The number of hydrogen-bond donors (Lipinski definition) is 3. The predicted molar refractivity (Wildman–Crippen MR) is 81.9 cm³/mol. The number of rotatable bonds is 2. The Hall–Kier alpha value is -2.80. The summed E-state index contributed by atoms with van der Waals surface area (Å²) in [7, 11) is 0. The second-order valence-electron chi connectivity index (χ2n) is 5.52. The van der Waals surface area contributed by atoms with Crippen LogP contribution in [-0.4, -0.2) is 34.9 Å². The van der Waals surface area contributed by atoms with Gasteiger partial charge in [-0.15, -0.1) is 0 Å². The molecule has 1 aromatic rings. The molecule has 3 rings (SSSR count). The van der Waals surface area contributed by atoms with Crippen LogP contribution in [0.15, 0.2) is 36.2 Å². The molecule has 1 aromatic carbocycles. The molecule has 2 aliphatic rings. The van der Waals surface area contributed by atoms with Crippen molar-refractivity contribution in [2.45, 2.75) is 13.0 Å². The zero-order chi connectivity index (χ0) is 16.4. The number of nitrogens with zero attached hydrogens (tertiary/aromatic N) is 1. The normalized spacial score (nSPS) is 22.8. The van der Waals surface area contributed by atoms with Crippen molar-refractivity contribution in [2.24, 2.45) is 5.92 Å². The molecule has 2 atom stereocenters. The Balaban J connectivity index is 1.66. The first kappa shape index (κ1) is 15.1. The quantitative estimate of drug-likeness (QED) is 0.647. The zero-order valence-electron chi connectivity index (χ0n) is 12.5. The molecule has 3 N–H and O–H groups in total. The third kappa shape index (κ3) is 3.19. The molecule has 0 radical (unpaired) electrons. The van der Waals surface area contributed by atoms with Crippen LogP contribution in [0, 0.1) is 5.92 Å². The van der Waals surface area contributed by atoms with Crippen LogP contribution in [0.2, 0.25) is 0 Å². The summed E-state index contributed by atoms with van der Waals surface area (Å²) in [6.07, 6.45) is 4.45. The molecular weight excluding hydrogens is 298 g/mol. The molecule has 1 saturated heterocycles. The molecule has 2 heterocycles. The summed E-state index contributed by atoms with van der Waals surface area (Å²) in [5.74, 6) is -0.487. The number of hydroxylamine groups is 2. The van der Waals surface area contributed by atoms with Crippen LogP contribution >= 0.6 is 0 Å². The van der Waals surface area contributed by atoms with Gasteiger partial charge < -0.3 is 15.4 Å². The minimum Gasteiger partial charge on any atom is -0.393 e. The first-order valence-corrected chi connectivity index (χ1v) is 7.27. The lowest BCUT2D eigenvalue weighted by Crippen LogP contribution is -2.43. The highest BCUT2D eigenvalue weighted by atomic mass is 16.6. The Labute approximate surface area is 132 Å². The second-order valence-corrected chi connectivity index (χ2v) is 5.52. The van der Waals surface area contributed by atoms with Crippen LogP contribution < -0.4 is 21.1 Å². The average molecular weight is 315 g/mol. The van der Waals surface area contributed by atoms with Crippen LogP contribution in [0.25, 0.3) is 12.3 Å². The lowest BCUT2D eigenvalue weighted by atomic mass is 10.1. The van der Waals surface area contributed by atoms with E-state index >= 15 is 0 Å². The first-order chi connectivity index (χ1) is 11.0. The molecule has 120 valence electrons. The highest BCUT2D eigenvalue weighted by molar-refractivity contribution is 5.87. The summed E-state index contributed by atoms with van der Waals surface area (Å²) >= 11 is 0. The maximum Gasteiger partial charge on any atom is 0.414 e. The summed E-state index contributed by atoms with van der Waals surface area (Å²) in [4.78, 5) is 23.7. The van der Waals surface area contributed by atoms with Gasteiger partial charge in [-0.05, 0) is 22.6 Å². The van der Waals surface area contributed by atoms with E-state index in [1.165, 1.54) is 0 Å². The fraction of sp³-hybridized carbons (Fsp3) is 0.250. The van der Waals surface area contributed by atoms with Gasteiger partial charge >= 0.3 is 6.09 Å². The van der Waals surface area contributed by atoms with Gasteiger partial charge in [-0.2, -0.15) is 0 Å². The van der Waals surface area contributed by atoms with Gasteiger partial charge in [0, 0.05) is 12.1 Å². The van der Waals surface area contributed by atoms with E-state index in [9.17, 15) is 14.8 Å². The fourth-order valence-electron chi connectivity index (χ4n) is 2.55. The van der Waals surface area contributed by atoms with Crippen molar-refractivity contribution in [1.82, 2.24) is 15.7 Å². The zero-order valence-corrected chi connectivity index (χ0v) is 12.5. The number of fused-ring (bicyclic) bond motifs is 1. The number of amides is 2. The van der Waals surface area contributed by atoms with Crippen LogP contribution in [0.1, 0.15) is 6.92 Å². The van der Waals surface area contributed by atoms with Crippen molar-refractivity contribution in [3.05, 3.63) is 46.7 Å². The molecule has 0 saturated carbocycles. The Bertz CT molecular complexity index is 787.